The third-order valence-electron chi connectivity index (χ3n) is 2.95. The van der Waals surface area contributed by atoms with E-state index < -0.39 is 5.41 Å². The van der Waals surface area contributed by atoms with E-state index in [2.05, 4.69) is 5.32 Å². The predicted octanol–water partition coefficient (Wildman–Crippen LogP) is 0.000900. The average Bonchev–Trinajstić information content (AvgIpc) is 2.47. The van der Waals surface area contributed by atoms with Gasteiger partial charge in [0, 0.05) is 12.6 Å². The summed E-state index contributed by atoms with van der Waals surface area (Å²) < 4.78 is 0. The minimum absolute atomic E-state index is 0.133. The molecule has 2 atom stereocenters. The molecule has 0 unspecified atom stereocenters. The highest BCUT2D eigenvalue weighted by molar-refractivity contribution is 5.80. The predicted molar refractivity (Wildman–Crippen MR) is 54.6 cm³/mol. The van der Waals surface area contributed by atoms with Gasteiger partial charge in [-0.1, -0.05) is 0 Å². The zero-order chi connectivity index (χ0) is 10.8. The molecule has 4 N–H and O–H groups in total. The number of amides is 1. The zero-order valence-electron chi connectivity index (χ0n) is 8.92. The minimum atomic E-state index is -0.539. The van der Waals surface area contributed by atoms with Crippen LogP contribution in [0.3, 0.4) is 0 Å². The Bertz CT molecular complexity index is 216. The van der Waals surface area contributed by atoms with E-state index in [1.165, 1.54) is 0 Å². The first-order chi connectivity index (χ1) is 6.43. The minimum Gasteiger partial charge on any atom is -0.392 e. The monoisotopic (exact) mass is 200 g/mol. The van der Waals surface area contributed by atoms with Gasteiger partial charge in [-0.25, -0.2) is 0 Å². The molecule has 1 saturated carbocycles. The summed E-state index contributed by atoms with van der Waals surface area (Å²) in [5.41, 5.74) is 4.71. The summed E-state index contributed by atoms with van der Waals surface area (Å²) in [5, 5.41) is 12.7. The van der Waals surface area contributed by atoms with E-state index in [-0.39, 0.29) is 18.1 Å². The van der Waals surface area contributed by atoms with E-state index in [1.54, 1.807) is 0 Å². The van der Waals surface area contributed by atoms with Gasteiger partial charge in [0.15, 0.2) is 0 Å². The van der Waals surface area contributed by atoms with Crippen LogP contribution in [0.5, 0.6) is 0 Å². The molecule has 0 radical (unpaired) electrons. The number of aliphatic hydroxyl groups excluding tert-OH is 1. The molecular formula is C10H20N2O2. The average molecular weight is 200 g/mol. The standard InChI is InChI=1S/C10H20N2O2/c1-10(2,9(11)14)6-12-7-4-3-5-8(7)13/h7-8,12-13H,3-6H2,1-2H3,(H2,11,14)/t7-,8-/m0/s1. The Morgan fingerprint density at radius 3 is 2.64 bits per heavy atom. The summed E-state index contributed by atoms with van der Waals surface area (Å²) in [7, 11) is 0. The Kier molecular flexibility index (Phi) is 3.50. The number of nitrogens with two attached hydrogens (primary N) is 1. The number of hydrogen-bond acceptors (Lipinski definition) is 3. The smallest absolute Gasteiger partial charge is 0.224 e. The van der Waals surface area contributed by atoms with Crippen molar-refractivity contribution in [3.05, 3.63) is 0 Å². The molecule has 0 aromatic rings. The van der Waals surface area contributed by atoms with Gasteiger partial charge in [0.2, 0.25) is 5.91 Å². The molecule has 0 aromatic carbocycles. The van der Waals surface area contributed by atoms with Crippen molar-refractivity contribution >= 4 is 5.91 Å². The molecule has 1 amide bonds. The van der Waals surface area contributed by atoms with E-state index in [0.717, 1.165) is 19.3 Å². The van der Waals surface area contributed by atoms with Crippen molar-refractivity contribution in [3.63, 3.8) is 0 Å². The van der Waals surface area contributed by atoms with Crippen LogP contribution in [0.25, 0.3) is 0 Å². The maximum atomic E-state index is 11.0. The molecule has 14 heavy (non-hydrogen) atoms. The van der Waals surface area contributed by atoms with Crippen LogP contribution in [0.15, 0.2) is 0 Å². The highest BCUT2D eigenvalue weighted by atomic mass is 16.3. The van der Waals surface area contributed by atoms with Gasteiger partial charge in [0.05, 0.1) is 11.5 Å². The lowest BCUT2D eigenvalue weighted by Gasteiger charge is -2.25. The Balaban J connectivity index is 2.36. The SMILES string of the molecule is CC(C)(CN[C@H]1CCC[C@@H]1O)C(N)=O. The molecule has 0 aliphatic heterocycles. The number of aliphatic hydroxyl groups is 1. The van der Waals surface area contributed by atoms with Crippen LogP contribution in [-0.4, -0.2) is 29.7 Å². The summed E-state index contributed by atoms with van der Waals surface area (Å²) in [6, 6.07) is 0.133. The first kappa shape index (κ1) is 11.5. The largest absolute Gasteiger partial charge is 0.392 e. The first-order valence-corrected chi connectivity index (χ1v) is 5.15. The van der Waals surface area contributed by atoms with Crippen molar-refractivity contribution in [2.24, 2.45) is 11.1 Å². The maximum Gasteiger partial charge on any atom is 0.224 e. The fraction of sp³-hybridized carbons (Fsp3) is 0.900. The van der Waals surface area contributed by atoms with Gasteiger partial charge in [0.1, 0.15) is 0 Å². The van der Waals surface area contributed by atoms with Crippen molar-refractivity contribution in [3.8, 4) is 0 Å². The molecule has 0 saturated heterocycles. The van der Waals surface area contributed by atoms with Crippen molar-refractivity contribution in [2.75, 3.05) is 6.54 Å². The molecule has 1 fully saturated rings. The molecular weight excluding hydrogens is 180 g/mol. The Hall–Kier alpha value is -0.610. The van der Waals surface area contributed by atoms with Crippen LogP contribution >= 0.6 is 0 Å². The van der Waals surface area contributed by atoms with Gasteiger partial charge < -0.3 is 16.2 Å². The van der Waals surface area contributed by atoms with Gasteiger partial charge in [-0.3, -0.25) is 4.79 Å². The molecule has 82 valence electrons. The van der Waals surface area contributed by atoms with Crippen LogP contribution in [0.4, 0.5) is 0 Å². The lowest BCUT2D eigenvalue weighted by Crippen LogP contribution is -2.46. The third-order valence-corrected chi connectivity index (χ3v) is 2.95. The van der Waals surface area contributed by atoms with Crippen molar-refractivity contribution < 1.29 is 9.90 Å². The van der Waals surface area contributed by atoms with Crippen LogP contribution < -0.4 is 11.1 Å². The second-order valence-electron chi connectivity index (χ2n) is 4.73. The van der Waals surface area contributed by atoms with E-state index in [0.29, 0.717) is 6.54 Å². The fourth-order valence-corrected chi connectivity index (χ4v) is 1.65. The Labute approximate surface area is 84.9 Å². The normalized spacial score (nSPS) is 27.9. The number of hydrogen-bond donors (Lipinski definition) is 3. The van der Waals surface area contributed by atoms with Crippen LogP contribution in [0, 0.1) is 5.41 Å². The second kappa shape index (κ2) is 4.28. The van der Waals surface area contributed by atoms with E-state index in [1.807, 2.05) is 13.8 Å². The molecule has 4 nitrogen and oxygen atoms in total. The number of nitrogens with one attached hydrogen (secondary N) is 1. The molecule has 1 aliphatic rings. The molecule has 1 aliphatic carbocycles. The Morgan fingerprint density at radius 1 is 1.57 bits per heavy atom. The van der Waals surface area contributed by atoms with Crippen molar-refractivity contribution in [2.45, 2.75) is 45.3 Å². The third kappa shape index (κ3) is 2.69. The zero-order valence-corrected chi connectivity index (χ0v) is 8.92. The van der Waals surface area contributed by atoms with Crippen LogP contribution in [0.2, 0.25) is 0 Å². The van der Waals surface area contributed by atoms with Gasteiger partial charge in [-0.05, 0) is 33.1 Å². The molecule has 4 heteroatoms. The summed E-state index contributed by atoms with van der Waals surface area (Å²) >= 11 is 0. The quantitative estimate of drug-likeness (QED) is 0.598. The highest BCUT2D eigenvalue weighted by Gasteiger charge is 2.29. The number of primary amides is 1. The summed E-state index contributed by atoms with van der Waals surface area (Å²) in [6.07, 6.45) is 2.62. The molecule has 1 rings (SSSR count). The lowest BCUT2D eigenvalue weighted by molar-refractivity contribution is -0.125. The van der Waals surface area contributed by atoms with Gasteiger partial charge in [0.25, 0.3) is 0 Å². The number of carbonyl (C=O) groups is 1. The van der Waals surface area contributed by atoms with Crippen molar-refractivity contribution in [1.29, 1.82) is 0 Å². The highest BCUT2D eigenvalue weighted by Crippen LogP contribution is 2.20. The number of carbonyl (C=O) groups excluding carboxylic acids is 1. The van der Waals surface area contributed by atoms with E-state index in [9.17, 15) is 9.90 Å². The van der Waals surface area contributed by atoms with Gasteiger partial charge in [-0.15, -0.1) is 0 Å². The van der Waals surface area contributed by atoms with E-state index >= 15 is 0 Å². The lowest BCUT2D eigenvalue weighted by atomic mass is 9.92. The number of rotatable bonds is 4. The summed E-state index contributed by atoms with van der Waals surface area (Å²) in [6.45, 7) is 4.15. The molecule has 0 bridgehead atoms. The second-order valence-corrected chi connectivity index (χ2v) is 4.73. The van der Waals surface area contributed by atoms with Gasteiger partial charge in [-0.2, -0.15) is 0 Å². The summed E-state index contributed by atoms with van der Waals surface area (Å²) in [4.78, 5) is 11.0. The molecule has 0 spiro atoms. The van der Waals surface area contributed by atoms with Crippen LogP contribution in [0.1, 0.15) is 33.1 Å². The summed E-state index contributed by atoms with van der Waals surface area (Å²) in [5.74, 6) is -0.308. The van der Waals surface area contributed by atoms with Crippen LogP contribution in [-0.2, 0) is 4.79 Å². The first-order valence-electron chi connectivity index (χ1n) is 5.15. The molecule has 0 heterocycles. The van der Waals surface area contributed by atoms with E-state index in [4.69, 9.17) is 5.73 Å². The Morgan fingerprint density at radius 2 is 2.21 bits per heavy atom. The van der Waals surface area contributed by atoms with Gasteiger partial charge >= 0.3 is 0 Å². The van der Waals surface area contributed by atoms with Crippen molar-refractivity contribution in [1.82, 2.24) is 5.32 Å². The topological polar surface area (TPSA) is 75.3 Å². The maximum absolute atomic E-state index is 11.0. The molecule has 0 aromatic heterocycles. The fourth-order valence-electron chi connectivity index (χ4n) is 1.65.